The third-order valence-corrected chi connectivity index (χ3v) is 4.73. The average molecular weight is 304 g/mol. The van der Waals surface area contributed by atoms with Crippen molar-refractivity contribution >= 4 is 5.91 Å². The molecule has 4 atom stereocenters. The van der Waals surface area contributed by atoms with E-state index >= 15 is 0 Å². The van der Waals surface area contributed by atoms with E-state index in [9.17, 15) is 9.90 Å². The van der Waals surface area contributed by atoms with Crippen LogP contribution >= 0.6 is 0 Å². The van der Waals surface area contributed by atoms with Crippen molar-refractivity contribution in [2.45, 2.75) is 51.3 Å². The average Bonchev–Trinajstić information content (AvgIpc) is 2.92. The predicted octanol–water partition coefficient (Wildman–Crippen LogP) is 2.35. The number of nitrogens with zero attached hydrogens (tertiary/aromatic N) is 1. The van der Waals surface area contributed by atoms with Crippen LogP contribution in [-0.2, 0) is 4.79 Å². The van der Waals surface area contributed by atoms with Crippen LogP contribution in [0, 0.1) is 5.92 Å². The summed E-state index contributed by atoms with van der Waals surface area (Å²) in [5.74, 6) is -0.00115. The molecule has 2 rings (SSSR count). The molecule has 1 aliphatic heterocycles. The molecule has 1 saturated heterocycles. The lowest BCUT2D eigenvalue weighted by molar-refractivity contribution is -0.126. The number of hydrogen-bond donors (Lipinski definition) is 2. The molecule has 2 N–H and O–H groups in total. The van der Waals surface area contributed by atoms with E-state index in [1.807, 2.05) is 44.2 Å². The van der Waals surface area contributed by atoms with E-state index < -0.39 is 6.10 Å². The minimum absolute atomic E-state index is 0.0304. The third-order valence-electron chi connectivity index (χ3n) is 4.73. The standard InChI is InChI=1S/C18H28N2O2/c1-13(12-16-10-7-11-20(16)3)18(22)19-14(2)17(21)15-8-5-4-6-9-15/h4-6,8-9,13-14,16-17,21H,7,10-12H2,1-3H3,(H,19,22). The molecule has 0 bridgehead atoms. The van der Waals surface area contributed by atoms with E-state index in [2.05, 4.69) is 17.3 Å². The van der Waals surface area contributed by atoms with Crippen LogP contribution in [0.1, 0.15) is 44.8 Å². The van der Waals surface area contributed by atoms with Crippen LogP contribution in [0.25, 0.3) is 0 Å². The van der Waals surface area contributed by atoms with Gasteiger partial charge in [0.25, 0.3) is 0 Å². The van der Waals surface area contributed by atoms with Crippen molar-refractivity contribution < 1.29 is 9.90 Å². The molecule has 122 valence electrons. The molecule has 4 unspecified atom stereocenters. The molecule has 1 aliphatic rings. The van der Waals surface area contributed by atoms with Crippen molar-refractivity contribution in [1.29, 1.82) is 0 Å². The molecule has 1 amide bonds. The molecule has 0 aliphatic carbocycles. The molecular formula is C18H28N2O2. The van der Waals surface area contributed by atoms with Gasteiger partial charge >= 0.3 is 0 Å². The van der Waals surface area contributed by atoms with E-state index in [0.717, 1.165) is 18.5 Å². The van der Waals surface area contributed by atoms with Crippen LogP contribution in [0.15, 0.2) is 30.3 Å². The molecule has 22 heavy (non-hydrogen) atoms. The van der Waals surface area contributed by atoms with Gasteiger partial charge in [0.05, 0.1) is 12.1 Å². The second-order valence-corrected chi connectivity index (χ2v) is 6.57. The highest BCUT2D eigenvalue weighted by molar-refractivity contribution is 5.78. The van der Waals surface area contributed by atoms with Crippen molar-refractivity contribution in [2.75, 3.05) is 13.6 Å². The Hall–Kier alpha value is -1.39. The summed E-state index contributed by atoms with van der Waals surface area (Å²) in [5.41, 5.74) is 0.832. The van der Waals surface area contributed by atoms with Gasteiger partial charge in [-0.2, -0.15) is 0 Å². The first kappa shape index (κ1) is 17.0. The monoisotopic (exact) mass is 304 g/mol. The fraction of sp³-hybridized carbons (Fsp3) is 0.611. The highest BCUT2D eigenvalue weighted by Gasteiger charge is 2.27. The Morgan fingerprint density at radius 1 is 1.36 bits per heavy atom. The zero-order valence-corrected chi connectivity index (χ0v) is 13.8. The molecule has 1 heterocycles. The topological polar surface area (TPSA) is 52.6 Å². The van der Waals surface area contributed by atoms with Crippen LogP contribution in [0.5, 0.6) is 0 Å². The van der Waals surface area contributed by atoms with Crippen LogP contribution in [-0.4, -0.2) is 41.6 Å². The van der Waals surface area contributed by atoms with Gasteiger partial charge in [0.2, 0.25) is 5.91 Å². The molecule has 1 aromatic carbocycles. The second-order valence-electron chi connectivity index (χ2n) is 6.57. The van der Waals surface area contributed by atoms with Crippen molar-refractivity contribution in [1.82, 2.24) is 10.2 Å². The molecule has 0 saturated carbocycles. The molecule has 4 heteroatoms. The molecule has 0 radical (unpaired) electrons. The Labute approximate surface area is 133 Å². The number of amides is 1. The summed E-state index contributed by atoms with van der Waals surface area (Å²) in [6.45, 7) is 4.95. The first-order valence-electron chi connectivity index (χ1n) is 8.22. The van der Waals surface area contributed by atoms with Crippen molar-refractivity contribution in [3.8, 4) is 0 Å². The van der Waals surface area contributed by atoms with E-state index in [1.165, 1.54) is 12.8 Å². The van der Waals surface area contributed by atoms with E-state index in [-0.39, 0.29) is 17.9 Å². The zero-order chi connectivity index (χ0) is 16.1. The third kappa shape index (κ3) is 4.31. The Morgan fingerprint density at radius 2 is 2.05 bits per heavy atom. The van der Waals surface area contributed by atoms with Gasteiger partial charge in [-0.25, -0.2) is 0 Å². The highest BCUT2D eigenvalue weighted by Crippen LogP contribution is 2.22. The summed E-state index contributed by atoms with van der Waals surface area (Å²) >= 11 is 0. The number of carbonyl (C=O) groups is 1. The molecule has 0 spiro atoms. The van der Waals surface area contributed by atoms with Gasteiger partial charge in [-0.1, -0.05) is 37.3 Å². The fourth-order valence-electron chi connectivity index (χ4n) is 3.18. The van der Waals surface area contributed by atoms with Gasteiger partial charge in [-0.15, -0.1) is 0 Å². The van der Waals surface area contributed by atoms with Gasteiger partial charge < -0.3 is 15.3 Å². The normalized spacial score (nSPS) is 23.0. The minimum atomic E-state index is -0.675. The van der Waals surface area contributed by atoms with Crippen LogP contribution in [0.4, 0.5) is 0 Å². The minimum Gasteiger partial charge on any atom is -0.386 e. The van der Waals surface area contributed by atoms with E-state index in [0.29, 0.717) is 6.04 Å². The number of nitrogens with one attached hydrogen (secondary N) is 1. The highest BCUT2D eigenvalue weighted by atomic mass is 16.3. The van der Waals surface area contributed by atoms with Crippen LogP contribution in [0.2, 0.25) is 0 Å². The van der Waals surface area contributed by atoms with Crippen LogP contribution < -0.4 is 5.32 Å². The quantitative estimate of drug-likeness (QED) is 0.848. The number of carbonyl (C=O) groups excluding carboxylic acids is 1. The molecule has 0 aromatic heterocycles. The number of aliphatic hydroxyl groups is 1. The first-order valence-corrected chi connectivity index (χ1v) is 8.22. The first-order chi connectivity index (χ1) is 10.5. The van der Waals surface area contributed by atoms with Gasteiger partial charge in [-0.3, -0.25) is 4.79 Å². The lowest BCUT2D eigenvalue weighted by atomic mass is 9.98. The lowest BCUT2D eigenvalue weighted by Gasteiger charge is -2.25. The summed E-state index contributed by atoms with van der Waals surface area (Å²) in [6.07, 6.45) is 2.61. The molecule has 1 fully saturated rings. The number of hydrogen-bond acceptors (Lipinski definition) is 3. The summed E-state index contributed by atoms with van der Waals surface area (Å²) in [7, 11) is 2.13. The maximum absolute atomic E-state index is 12.3. The van der Waals surface area contributed by atoms with Crippen LogP contribution in [0.3, 0.4) is 0 Å². The maximum atomic E-state index is 12.3. The lowest BCUT2D eigenvalue weighted by Crippen LogP contribution is -2.41. The Balaban J connectivity index is 1.85. The SMILES string of the molecule is CC(CC1CCCN1C)C(=O)NC(C)C(O)c1ccccc1. The van der Waals surface area contributed by atoms with E-state index in [4.69, 9.17) is 0 Å². The van der Waals surface area contributed by atoms with Gasteiger partial charge in [0, 0.05) is 12.0 Å². The Morgan fingerprint density at radius 3 is 2.64 bits per heavy atom. The summed E-state index contributed by atoms with van der Waals surface area (Å²) < 4.78 is 0. The number of benzene rings is 1. The summed E-state index contributed by atoms with van der Waals surface area (Å²) in [6, 6.07) is 9.68. The van der Waals surface area contributed by atoms with Crippen molar-refractivity contribution in [3.63, 3.8) is 0 Å². The Bertz CT molecular complexity index is 477. The fourth-order valence-corrected chi connectivity index (χ4v) is 3.18. The smallest absolute Gasteiger partial charge is 0.223 e. The molecule has 1 aromatic rings. The maximum Gasteiger partial charge on any atom is 0.223 e. The molecular weight excluding hydrogens is 276 g/mol. The zero-order valence-electron chi connectivity index (χ0n) is 13.8. The van der Waals surface area contributed by atoms with Gasteiger partial charge in [-0.05, 0) is 45.3 Å². The van der Waals surface area contributed by atoms with Crippen molar-refractivity contribution in [3.05, 3.63) is 35.9 Å². The van der Waals surface area contributed by atoms with Gasteiger partial charge in [0.1, 0.15) is 0 Å². The predicted molar refractivity (Wildman–Crippen MR) is 88.4 cm³/mol. The number of rotatable bonds is 6. The van der Waals surface area contributed by atoms with Crippen molar-refractivity contribution in [2.24, 2.45) is 5.92 Å². The Kier molecular flexibility index (Phi) is 5.98. The largest absolute Gasteiger partial charge is 0.386 e. The van der Waals surface area contributed by atoms with E-state index in [1.54, 1.807) is 0 Å². The van der Waals surface area contributed by atoms with Gasteiger partial charge in [0.15, 0.2) is 0 Å². The molecule has 4 nitrogen and oxygen atoms in total. The number of aliphatic hydroxyl groups excluding tert-OH is 1. The second kappa shape index (κ2) is 7.75. The number of likely N-dealkylation sites (tertiary alicyclic amines) is 1. The summed E-state index contributed by atoms with van der Waals surface area (Å²) in [4.78, 5) is 14.7. The summed E-state index contributed by atoms with van der Waals surface area (Å²) in [5, 5.41) is 13.3.